The van der Waals surface area contributed by atoms with Gasteiger partial charge in [-0.1, -0.05) is 11.6 Å². The van der Waals surface area contributed by atoms with Crippen LogP contribution in [0.3, 0.4) is 0 Å². The normalized spacial score (nSPS) is 9.31. The Morgan fingerprint density at radius 2 is 2.46 bits per heavy atom. The minimum Gasteiger partial charge on any atom is -0.308 e. The van der Waals surface area contributed by atoms with E-state index in [4.69, 9.17) is 18.2 Å². The zero-order valence-electron chi connectivity index (χ0n) is 6.42. The Labute approximate surface area is 88.7 Å². The number of carbonyl (C=O) groups is 1. The third-order valence-electron chi connectivity index (χ3n) is 1.29. The molecule has 5 heteroatoms. The number of nitrogens with zero attached hydrogens (tertiary/aromatic N) is 2. The van der Waals surface area contributed by atoms with Gasteiger partial charge in [0.15, 0.2) is 0 Å². The van der Waals surface area contributed by atoms with E-state index in [9.17, 15) is 4.79 Å². The summed E-state index contributed by atoms with van der Waals surface area (Å²) in [6.45, 7) is 6.31. The van der Waals surface area contributed by atoms with E-state index in [1.807, 2.05) is 0 Å². The first-order valence-corrected chi connectivity index (χ1v) is 4.49. The molecule has 0 aliphatic heterocycles. The molecule has 0 saturated carbocycles. The van der Waals surface area contributed by atoms with Crippen LogP contribution in [0.4, 0.5) is 0 Å². The predicted octanol–water partition coefficient (Wildman–Crippen LogP) is 2.60. The highest BCUT2D eigenvalue weighted by Gasteiger charge is 2.14. The van der Waals surface area contributed by atoms with Crippen LogP contribution in [0.2, 0.25) is 5.02 Å². The van der Waals surface area contributed by atoms with Crippen molar-refractivity contribution in [2.75, 3.05) is 6.54 Å². The first kappa shape index (κ1) is 10.2. The molecule has 0 aliphatic carbocycles. The number of hydrogen-bond donors (Lipinski definition) is 0. The molecular weight excluding hydrogens is 255 g/mol. The van der Waals surface area contributed by atoms with E-state index in [2.05, 4.69) is 25.8 Å². The molecule has 0 unspecified atom stereocenters. The Balaban J connectivity index is 3.03. The summed E-state index contributed by atoms with van der Waals surface area (Å²) in [4.78, 5) is 18.0. The molecule has 3 nitrogen and oxygen atoms in total. The van der Waals surface area contributed by atoms with E-state index in [1.54, 1.807) is 6.07 Å². The third-order valence-corrected chi connectivity index (χ3v) is 2.02. The molecule has 0 spiro atoms. The summed E-state index contributed by atoms with van der Waals surface area (Å²) >= 11 is 8.91. The van der Waals surface area contributed by atoms with Gasteiger partial charge >= 0.3 is 0 Å². The second kappa shape index (κ2) is 4.35. The van der Waals surface area contributed by atoms with Gasteiger partial charge in [0.25, 0.3) is 12.3 Å². The Morgan fingerprint density at radius 1 is 1.77 bits per heavy atom. The van der Waals surface area contributed by atoms with Crippen molar-refractivity contribution in [3.63, 3.8) is 0 Å². The number of pyridine rings is 1. The molecule has 0 N–H and O–H groups in total. The molecule has 0 amide bonds. The summed E-state index contributed by atoms with van der Waals surface area (Å²) in [7, 11) is 0. The van der Waals surface area contributed by atoms with E-state index >= 15 is 0 Å². The standard InChI is InChI=1S/C8H4BrClN2O/c1-11-4-7(13)8-6(10)2-5(9)3-12-8/h2-3H,4H2. The van der Waals surface area contributed by atoms with Gasteiger partial charge in [-0.2, -0.15) is 0 Å². The van der Waals surface area contributed by atoms with Crippen LogP contribution in [0.25, 0.3) is 4.85 Å². The van der Waals surface area contributed by atoms with E-state index in [0.717, 1.165) is 0 Å². The number of Topliss-reactive ketones (excluding diaryl/α,β-unsaturated/α-hetero) is 1. The van der Waals surface area contributed by atoms with Gasteiger partial charge < -0.3 is 4.85 Å². The minimum absolute atomic E-state index is 0.154. The Kier molecular flexibility index (Phi) is 3.40. The van der Waals surface area contributed by atoms with Crippen molar-refractivity contribution in [2.24, 2.45) is 0 Å². The summed E-state index contributed by atoms with van der Waals surface area (Å²) in [5.74, 6) is -0.354. The number of hydrogen-bond acceptors (Lipinski definition) is 2. The van der Waals surface area contributed by atoms with Crippen molar-refractivity contribution >= 4 is 33.3 Å². The number of carbonyl (C=O) groups excluding carboxylic acids is 1. The quantitative estimate of drug-likeness (QED) is 0.604. The van der Waals surface area contributed by atoms with Gasteiger partial charge in [0.05, 0.1) is 5.02 Å². The first-order chi connectivity index (χ1) is 6.15. The van der Waals surface area contributed by atoms with Crippen molar-refractivity contribution in [2.45, 2.75) is 0 Å². The zero-order valence-corrected chi connectivity index (χ0v) is 8.76. The van der Waals surface area contributed by atoms with Crippen molar-refractivity contribution in [3.8, 4) is 0 Å². The molecule has 1 aromatic heterocycles. The fourth-order valence-corrected chi connectivity index (χ4v) is 1.50. The summed E-state index contributed by atoms with van der Waals surface area (Å²) < 4.78 is 0.705. The maximum atomic E-state index is 11.2. The van der Waals surface area contributed by atoms with Crippen LogP contribution >= 0.6 is 27.5 Å². The molecule has 1 rings (SSSR count). The number of rotatable bonds is 2. The van der Waals surface area contributed by atoms with Gasteiger partial charge in [-0.15, -0.1) is 0 Å². The topological polar surface area (TPSA) is 34.3 Å². The Hall–Kier alpha value is -0.920. The van der Waals surface area contributed by atoms with E-state index in [1.165, 1.54) is 6.20 Å². The van der Waals surface area contributed by atoms with Crippen LogP contribution in [0.5, 0.6) is 0 Å². The monoisotopic (exact) mass is 258 g/mol. The van der Waals surface area contributed by atoms with Crippen molar-refractivity contribution in [1.29, 1.82) is 0 Å². The predicted molar refractivity (Wildman–Crippen MR) is 52.7 cm³/mol. The van der Waals surface area contributed by atoms with E-state index < -0.39 is 0 Å². The molecule has 0 radical (unpaired) electrons. The number of aromatic nitrogens is 1. The lowest BCUT2D eigenvalue weighted by atomic mass is 10.2. The number of halogens is 2. The van der Waals surface area contributed by atoms with Gasteiger partial charge in [0.2, 0.25) is 0 Å². The van der Waals surface area contributed by atoms with Crippen LogP contribution in [0, 0.1) is 6.57 Å². The second-order valence-electron chi connectivity index (χ2n) is 2.22. The van der Waals surface area contributed by atoms with Gasteiger partial charge in [-0.05, 0) is 22.0 Å². The van der Waals surface area contributed by atoms with Gasteiger partial charge in [0.1, 0.15) is 5.69 Å². The molecular formula is C8H4BrClN2O. The highest BCUT2D eigenvalue weighted by atomic mass is 79.9. The summed E-state index contributed by atoms with van der Waals surface area (Å²) in [6, 6.07) is 1.58. The average Bonchev–Trinajstić information content (AvgIpc) is 2.04. The third kappa shape index (κ3) is 2.51. The SMILES string of the molecule is [C-]#[N+]CC(=O)c1ncc(Br)cc1Cl. The molecule has 1 aromatic rings. The summed E-state index contributed by atoms with van der Waals surface area (Å²) in [5, 5.41) is 0.267. The van der Waals surface area contributed by atoms with E-state index in [-0.39, 0.29) is 23.0 Å². The second-order valence-corrected chi connectivity index (χ2v) is 3.55. The highest BCUT2D eigenvalue weighted by molar-refractivity contribution is 9.10. The first-order valence-electron chi connectivity index (χ1n) is 3.32. The smallest absolute Gasteiger partial charge is 0.278 e. The van der Waals surface area contributed by atoms with Crippen molar-refractivity contribution < 1.29 is 4.79 Å². The molecule has 1 heterocycles. The lowest BCUT2D eigenvalue weighted by Crippen LogP contribution is -2.05. The molecule has 13 heavy (non-hydrogen) atoms. The molecule has 0 saturated heterocycles. The number of ketones is 1. The molecule has 0 aromatic carbocycles. The Morgan fingerprint density at radius 3 is 3.00 bits per heavy atom. The average molecular weight is 259 g/mol. The fraction of sp³-hybridized carbons (Fsp3) is 0.125. The molecule has 0 aliphatic rings. The van der Waals surface area contributed by atoms with Gasteiger partial charge in [0, 0.05) is 10.7 Å². The summed E-state index contributed by atoms with van der Waals surface area (Å²) in [5.41, 5.74) is 0.154. The van der Waals surface area contributed by atoms with Gasteiger partial charge in [-0.3, -0.25) is 9.78 Å². The van der Waals surface area contributed by atoms with Crippen molar-refractivity contribution in [1.82, 2.24) is 4.98 Å². The lowest BCUT2D eigenvalue weighted by Gasteiger charge is -1.97. The maximum absolute atomic E-state index is 11.2. The Bertz CT molecular complexity index is 386. The van der Waals surface area contributed by atoms with Crippen LogP contribution in [-0.2, 0) is 0 Å². The largest absolute Gasteiger partial charge is 0.308 e. The molecule has 0 atom stereocenters. The van der Waals surface area contributed by atoms with Crippen LogP contribution in [-0.4, -0.2) is 17.3 Å². The molecule has 0 bridgehead atoms. The van der Waals surface area contributed by atoms with E-state index in [0.29, 0.717) is 4.47 Å². The minimum atomic E-state index is -0.354. The maximum Gasteiger partial charge on any atom is 0.278 e. The highest BCUT2D eigenvalue weighted by Crippen LogP contribution is 2.19. The van der Waals surface area contributed by atoms with Crippen LogP contribution in [0.1, 0.15) is 10.5 Å². The summed E-state index contributed by atoms with van der Waals surface area (Å²) in [6.07, 6.45) is 1.48. The van der Waals surface area contributed by atoms with Crippen molar-refractivity contribution in [3.05, 3.63) is 38.9 Å². The van der Waals surface area contributed by atoms with Crippen LogP contribution < -0.4 is 0 Å². The zero-order chi connectivity index (χ0) is 9.84. The fourth-order valence-electron chi connectivity index (χ4n) is 0.766. The lowest BCUT2D eigenvalue weighted by molar-refractivity contribution is 0.100. The van der Waals surface area contributed by atoms with Gasteiger partial charge in [-0.25, -0.2) is 6.57 Å². The van der Waals surface area contributed by atoms with Crippen LogP contribution in [0.15, 0.2) is 16.7 Å². The molecule has 66 valence electrons. The molecule has 0 fully saturated rings.